The first-order chi connectivity index (χ1) is 11.2. The molecule has 2 aromatic heterocycles. The fourth-order valence-corrected chi connectivity index (χ4v) is 4.20. The van der Waals surface area contributed by atoms with Crippen LogP contribution in [0.15, 0.2) is 75.6 Å². The maximum absolute atomic E-state index is 5.68. The molecule has 0 saturated carbocycles. The largest absolute Gasteiger partial charge is 0.360 e. The van der Waals surface area contributed by atoms with Crippen LogP contribution in [0.1, 0.15) is 0 Å². The predicted octanol–water partition coefficient (Wildman–Crippen LogP) is 5.89. The van der Waals surface area contributed by atoms with Crippen LogP contribution in [-0.2, 0) is 0 Å². The van der Waals surface area contributed by atoms with Gasteiger partial charge in [-0.3, -0.25) is 4.98 Å². The summed E-state index contributed by atoms with van der Waals surface area (Å²) in [5.41, 5.74) is 2.01. The van der Waals surface area contributed by atoms with E-state index in [4.69, 9.17) is 12.2 Å². The summed E-state index contributed by atoms with van der Waals surface area (Å²) in [6.45, 7) is 0. The molecule has 5 heteroatoms. The summed E-state index contributed by atoms with van der Waals surface area (Å²) >= 11 is 11.9. The fourth-order valence-electron chi connectivity index (χ4n) is 2.55. The number of rotatable bonds is 2. The second-order valence-electron chi connectivity index (χ2n) is 5.12. The lowest BCUT2D eigenvalue weighted by Gasteiger charge is -2.10. The van der Waals surface area contributed by atoms with Crippen LogP contribution in [0.25, 0.3) is 21.8 Å². The zero-order valence-corrected chi connectivity index (χ0v) is 14.5. The topological polar surface area (TPSA) is 28.7 Å². The Morgan fingerprint density at radius 3 is 2.61 bits per heavy atom. The average molecular weight is 353 g/mol. The second kappa shape index (κ2) is 6.00. The van der Waals surface area contributed by atoms with Gasteiger partial charge in [0.15, 0.2) is 0 Å². The number of thiol groups is 1. The summed E-state index contributed by atoms with van der Waals surface area (Å²) in [5.74, 6) is 0. The Morgan fingerprint density at radius 1 is 1.00 bits per heavy atom. The van der Waals surface area contributed by atoms with Gasteiger partial charge in [-0.2, -0.15) is 0 Å². The maximum Gasteiger partial charge on any atom is 0.0714 e. The van der Waals surface area contributed by atoms with Gasteiger partial charge in [-0.25, -0.2) is 0 Å². The first-order valence-corrected chi connectivity index (χ1v) is 8.76. The summed E-state index contributed by atoms with van der Waals surface area (Å²) in [4.78, 5) is 10.7. The van der Waals surface area contributed by atoms with E-state index in [0.29, 0.717) is 0 Å². The normalized spacial score (nSPS) is 11.2. The number of aromatic nitrogens is 2. The molecular weight excluding hydrogens is 340 g/mol. The Bertz CT molecular complexity index is 1090. The van der Waals surface area contributed by atoms with Crippen LogP contribution in [0.4, 0.5) is 0 Å². The third-order valence-electron chi connectivity index (χ3n) is 3.67. The molecule has 4 aromatic rings. The van der Waals surface area contributed by atoms with Crippen molar-refractivity contribution in [2.45, 2.75) is 14.7 Å². The van der Waals surface area contributed by atoms with Crippen molar-refractivity contribution in [2.75, 3.05) is 0 Å². The van der Waals surface area contributed by atoms with Gasteiger partial charge >= 0.3 is 0 Å². The van der Waals surface area contributed by atoms with Crippen molar-refractivity contribution in [1.29, 1.82) is 0 Å². The van der Waals surface area contributed by atoms with Crippen molar-refractivity contribution >= 4 is 58.4 Å². The number of fused-ring (bicyclic) bond motifs is 2. The van der Waals surface area contributed by atoms with Crippen LogP contribution in [0.2, 0.25) is 0 Å². The molecule has 2 nitrogen and oxygen atoms in total. The van der Waals surface area contributed by atoms with Crippen molar-refractivity contribution < 1.29 is 0 Å². The minimum atomic E-state index is 0.858. The van der Waals surface area contributed by atoms with E-state index in [0.717, 1.165) is 41.0 Å². The van der Waals surface area contributed by atoms with Gasteiger partial charge < -0.3 is 4.98 Å². The number of nitrogens with zero attached hydrogens (tertiary/aromatic N) is 1. The molecule has 4 rings (SSSR count). The molecule has 0 bridgehead atoms. The van der Waals surface area contributed by atoms with Crippen LogP contribution in [0, 0.1) is 4.51 Å². The van der Waals surface area contributed by atoms with Crippen molar-refractivity contribution in [3.8, 4) is 0 Å². The second-order valence-corrected chi connectivity index (χ2v) is 7.06. The average Bonchev–Trinajstić information content (AvgIpc) is 2.60. The zero-order valence-electron chi connectivity index (χ0n) is 12.0. The van der Waals surface area contributed by atoms with Crippen LogP contribution in [0.3, 0.4) is 0 Å². The number of aromatic amines is 1. The number of benzene rings is 2. The molecule has 0 amide bonds. The van der Waals surface area contributed by atoms with Crippen LogP contribution < -0.4 is 0 Å². The van der Waals surface area contributed by atoms with E-state index in [1.807, 2.05) is 48.7 Å². The molecule has 2 aromatic carbocycles. The molecule has 0 aliphatic rings. The number of hydrogen-bond acceptors (Lipinski definition) is 4. The summed E-state index contributed by atoms with van der Waals surface area (Å²) in [7, 11) is 0. The molecule has 112 valence electrons. The quantitative estimate of drug-likeness (QED) is 0.348. The molecule has 0 aliphatic carbocycles. The summed E-state index contributed by atoms with van der Waals surface area (Å²) in [6.07, 6.45) is 3.76. The Hall–Kier alpha value is -1.82. The highest BCUT2D eigenvalue weighted by atomic mass is 32.2. The molecule has 23 heavy (non-hydrogen) atoms. The van der Waals surface area contributed by atoms with E-state index in [9.17, 15) is 0 Å². The highest BCUT2D eigenvalue weighted by molar-refractivity contribution is 8.00. The Morgan fingerprint density at radius 2 is 1.74 bits per heavy atom. The first kappa shape index (κ1) is 14.8. The lowest BCUT2D eigenvalue weighted by molar-refractivity contribution is 1.20. The fraction of sp³-hybridized carbons (Fsp3) is 0. The first-order valence-electron chi connectivity index (χ1n) is 7.09. The minimum absolute atomic E-state index is 0.858. The van der Waals surface area contributed by atoms with Crippen molar-refractivity contribution in [2.24, 2.45) is 0 Å². The van der Waals surface area contributed by atoms with E-state index >= 15 is 0 Å². The van der Waals surface area contributed by atoms with E-state index in [1.165, 1.54) is 0 Å². The molecule has 0 atom stereocenters. The highest BCUT2D eigenvalue weighted by Gasteiger charge is 2.10. The van der Waals surface area contributed by atoms with Crippen molar-refractivity contribution in [3.63, 3.8) is 0 Å². The van der Waals surface area contributed by atoms with Crippen LogP contribution in [-0.4, -0.2) is 9.97 Å². The SMILES string of the molecule is S=c1c(Sc2c(S)cnc3ccccc23)c[nH]c2ccccc12. The van der Waals surface area contributed by atoms with E-state index in [1.54, 1.807) is 18.0 Å². The molecule has 0 fully saturated rings. The van der Waals surface area contributed by atoms with Gasteiger partial charge in [0.1, 0.15) is 0 Å². The maximum atomic E-state index is 5.68. The number of H-pyrrole nitrogens is 1. The summed E-state index contributed by atoms with van der Waals surface area (Å²) < 4.78 is 0.859. The molecule has 2 heterocycles. The highest BCUT2D eigenvalue weighted by Crippen LogP contribution is 2.38. The Labute approximate surface area is 148 Å². The molecule has 0 unspecified atom stereocenters. The third-order valence-corrected chi connectivity index (χ3v) is 5.92. The van der Waals surface area contributed by atoms with Crippen molar-refractivity contribution in [3.05, 3.63) is 65.4 Å². The molecule has 1 N–H and O–H groups in total. The molecule has 0 saturated heterocycles. The number of hydrogen-bond donors (Lipinski definition) is 2. The number of pyridine rings is 2. The van der Waals surface area contributed by atoms with Crippen LogP contribution >= 0.6 is 36.6 Å². The molecule has 0 spiro atoms. The van der Waals surface area contributed by atoms with E-state index in [2.05, 4.69) is 28.7 Å². The number of para-hydroxylation sites is 2. The molecular formula is C18H12N2S3. The zero-order chi connectivity index (χ0) is 15.8. The summed E-state index contributed by atoms with van der Waals surface area (Å²) in [5, 5.41) is 2.15. The predicted molar refractivity (Wildman–Crippen MR) is 102 cm³/mol. The summed E-state index contributed by atoms with van der Waals surface area (Å²) in [6, 6.07) is 16.2. The van der Waals surface area contributed by atoms with Gasteiger partial charge in [-0.15, -0.1) is 12.6 Å². The standard InChI is InChI=1S/C18H12N2S3/c21-15-9-19-14-8-4-2-6-12(14)18(15)23-16-10-20-13-7-3-1-5-11(13)17(16)22/h1-10,21H,(H,20,22). The van der Waals surface area contributed by atoms with Gasteiger partial charge in [0.05, 0.1) is 10.0 Å². The lowest BCUT2D eigenvalue weighted by Crippen LogP contribution is -1.87. The smallest absolute Gasteiger partial charge is 0.0714 e. The lowest BCUT2D eigenvalue weighted by atomic mass is 10.2. The van der Waals surface area contributed by atoms with Crippen LogP contribution in [0.5, 0.6) is 0 Å². The van der Waals surface area contributed by atoms with E-state index in [-0.39, 0.29) is 0 Å². The van der Waals surface area contributed by atoms with Gasteiger partial charge in [0.25, 0.3) is 0 Å². The van der Waals surface area contributed by atoms with Gasteiger partial charge in [-0.1, -0.05) is 60.4 Å². The van der Waals surface area contributed by atoms with Gasteiger partial charge in [0, 0.05) is 43.4 Å². The molecule has 0 radical (unpaired) electrons. The minimum Gasteiger partial charge on any atom is -0.360 e. The van der Waals surface area contributed by atoms with E-state index < -0.39 is 0 Å². The Balaban J connectivity index is 1.90. The van der Waals surface area contributed by atoms with Gasteiger partial charge in [0.2, 0.25) is 0 Å². The molecule has 0 aliphatic heterocycles. The Kier molecular flexibility index (Phi) is 3.85. The van der Waals surface area contributed by atoms with Gasteiger partial charge in [-0.05, 0) is 12.1 Å². The third kappa shape index (κ3) is 2.65. The van der Waals surface area contributed by atoms with Crippen molar-refractivity contribution in [1.82, 2.24) is 9.97 Å². The monoisotopic (exact) mass is 352 g/mol. The number of nitrogens with one attached hydrogen (secondary N) is 1.